The number of hydrogen-bond acceptors (Lipinski definition) is 4. The Morgan fingerprint density at radius 2 is 1.03 bits per heavy atom. The first-order valence-electron chi connectivity index (χ1n) is 21.2. The maximum atomic E-state index is 9.17. The van der Waals surface area contributed by atoms with Crippen molar-refractivity contribution in [3.05, 3.63) is 230 Å². The van der Waals surface area contributed by atoms with Gasteiger partial charge in [-0.3, -0.25) is 15.8 Å². The van der Waals surface area contributed by atoms with Gasteiger partial charge in [-0.05, 0) is 142 Å². The van der Waals surface area contributed by atoms with Crippen LogP contribution in [-0.4, -0.2) is 17.6 Å². The third-order valence-corrected chi connectivity index (χ3v) is 12.1. The third-order valence-electron chi connectivity index (χ3n) is 12.1. The molecule has 0 aromatic heterocycles. The van der Waals surface area contributed by atoms with Crippen LogP contribution >= 0.6 is 0 Å². The molecule has 1 aliphatic carbocycles. The van der Waals surface area contributed by atoms with Gasteiger partial charge >= 0.3 is 0 Å². The van der Waals surface area contributed by atoms with Gasteiger partial charge in [-0.2, -0.15) is 5.10 Å². The summed E-state index contributed by atoms with van der Waals surface area (Å²) in [4.78, 5) is 4.63. The summed E-state index contributed by atoms with van der Waals surface area (Å²) in [6, 6.07) is 68.4. The number of allylic oxidation sites excluding steroid dienone is 5. The summed E-state index contributed by atoms with van der Waals surface area (Å²) in [5.74, 6) is 0. The van der Waals surface area contributed by atoms with E-state index in [1.165, 1.54) is 60.0 Å². The van der Waals surface area contributed by atoms with Gasteiger partial charge in [-0.1, -0.05) is 170 Å². The standard InChI is InChI=1S/C59H40N4/c1-38(37-61-47-17-3-2-4-18-47)48-30-32-56(50-20-10-9-19-49(48)50)62-63-57-31-28-44(36-55(57)60)43-27-29-53-54(35-43)59(46-26-24-40-14-6-8-16-42(40)34-46)52-22-12-11-21-51(52)58(53)45-25-23-39-13-5-7-15-41(39)33-45/h2-37,60,62H,1H2/b60-55?,61-37?,63-57-. The van der Waals surface area contributed by atoms with E-state index in [2.05, 4.69) is 163 Å². The van der Waals surface area contributed by atoms with E-state index in [-0.39, 0.29) is 0 Å². The summed E-state index contributed by atoms with van der Waals surface area (Å²) in [7, 11) is 0. The van der Waals surface area contributed by atoms with Crippen LogP contribution in [0.5, 0.6) is 0 Å². The highest BCUT2D eigenvalue weighted by Crippen LogP contribution is 2.45. The van der Waals surface area contributed by atoms with Crippen molar-refractivity contribution in [2.45, 2.75) is 0 Å². The summed E-state index contributed by atoms with van der Waals surface area (Å²) in [6.07, 6.45) is 7.73. The smallest absolute Gasteiger partial charge is 0.108 e. The average molecular weight is 805 g/mol. The molecular weight excluding hydrogens is 765 g/mol. The zero-order chi connectivity index (χ0) is 42.3. The molecule has 0 aliphatic heterocycles. The highest BCUT2D eigenvalue weighted by Gasteiger charge is 2.19. The zero-order valence-electron chi connectivity index (χ0n) is 34.4. The molecule has 10 aromatic carbocycles. The van der Waals surface area contributed by atoms with E-state index >= 15 is 0 Å². The van der Waals surface area contributed by atoms with Gasteiger partial charge in [0.15, 0.2) is 0 Å². The van der Waals surface area contributed by atoms with E-state index in [1.54, 1.807) is 0 Å². The lowest BCUT2D eigenvalue weighted by Crippen LogP contribution is -2.13. The topological polar surface area (TPSA) is 60.6 Å². The SMILES string of the molecule is C=C(C=Nc1ccccc1)c1ccc(N/N=C2/C=CC(c3ccc4c(-c5ccc6ccccc6c5)c5ccccc5c(-c5ccc6ccccc6c5)c4c3)=CC2=N)c2ccccc12. The highest BCUT2D eigenvalue weighted by molar-refractivity contribution is 6.51. The molecule has 0 radical (unpaired) electrons. The molecule has 0 atom stereocenters. The fraction of sp³-hybridized carbons (Fsp3) is 0. The van der Waals surface area contributed by atoms with Gasteiger partial charge in [-0.15, -0.1) is 0 Å². The van der Waals surface area contributed by atoms with Crippen LogP contribution in [0.3, 0.4) is 0 Å². The molecule has 0 saturated heterocycles. The average Bonchev–Trinajstić information content (AvgIpc) is 3.34. The van der Waals surface area contributed by atoms with Crippen molar-refractivity contribution >= 4 is 94.0 Å². The number of hydrogen-bond donors (Lipinski definition) is 2. The van der Waals surface area contributed by atoms with Gasteiger partial charge in [0, 0.05) is 11.6 Å². The highest BCUT2D eigenvalue weighted by atomic mass is 15.3. The Bertz CT molecular complexity index is 3630. The number of rotatable bonds is 8. The summed E-state index contributed by atoms with van der Waals surface area (Å²) in [6.45, 7) is 4.33. The zero-order valence-corrected chi connectivity index (χ0v) is 34.4. The molecule has 0 bridgehead atoms. The molecule has 0 spiro atoms. The van der Waals surface area contributed by atoms with Crippen LogP contribution < -0.4 is 5.43 Å². The molecule has 0 heterocycles. The first-order chi connectivity index (χ1) is 31.1. The minimum absolute atomic E-state index is 0.330. The van der Waals surface area contributed by atoms with E-state index in [9.17, 15) is 5.41 Å². The van der Waals surface area contributed by atoms with Crippen LogP contribution in [0.1, 0.15) is 11.1 Å². The summed E-state index contributed by atoms with van der Waals surface area (Å²) >= 11 is 0. The Balaban J connectivity index is 0.971. The van der Waals surface area contributed by atoms with Crippen molar-refractivity contribution in [2.75, 3.05) is 5.43 Å². The maximum absolute atomic E-state index is 9.17. The molecule has 4 heteroatoms. The predicted octanol–water partition coefficient (Wildman–Crippen LogP) is 15.6. The summed E-state index contributed by atoms with van der Waals surface area (Å²) in [5, 5.41) is 25.6. The van der Waals surface area contributed by atoms with Crippen molar-refractivity contribution < 1.29 is 0 Å². The molecule has 1 aliphatic rings. The van der Waals surface area contributed by atoms with Gasteiger partial charge in [-0.25, -0.2) is 0 Å². The molecule has 296 valence electrons. The fourth-order valence-electron chi connectivity index (χ4n) is 9.02. The molecular formula is C59H40N4. The first kappa shape index (κ1) is 37.5. The number of nitrogens with zero attached hydrogens (tertiary/aromatic N) is 2. The number of aliphatic imine (C=N–C) groups is 1. The maximum Gasteiger partial charge on any atom is 0.108 e. The van der Waals surface area contributed by atoms with Crippen molar-refractivity contribution in [3.63, 3.8) is 0 Å². The molecule has 0 amide bonds. The van der Waals surface area contributed by atoms with Crippen molar-refractivity contribution in [2.24, 2.45) is 10.1 Å². The lowest BCUT2D eigenvalue weighted by Gasteiger charge is -2.20. The van der Waals surface area contributed by atoms with Gasteiger partial charge < -0.3 is 0 Å². The molecule has 63 heavy (non-hydrogen) atoms. The van der Waals surface area contributed by atoms with E-state index in [1.807, 2.05) is 73.0 Å². The Labute approximate surface area is 365 Å². The number of benzene rings is 10. The van der Waals surface area contributed by atoms with Crippen LogP contribution in [-0.2, 0) is 0 Å². The van der Waals surface area contributed by atoms with E-state index < -0.39 is 0 Å². The number of nitrogens with one attached hydrogen (secondary N) is 2. The fourth-order valence-corrected chi connectivity index (χ4v) is 9.02. The lowest BCUT2D eigenvalue weighted by molar-refractivity contribution is 1.35. The minimum Gasteiger partial charge on any atom is -0.299 e. The largest absolute Gasteiger partial charge is 0.299 e. The summed E-state index contributed by atoms with van der Waals surface area (Å²) in [5.41, 5.74) is 14.5. The Hall–Kier alpha value is -8.47. The lowest BCUT2D eigenvalue weighted by atomic mass is 9.84. The van der Waals surface area contributed by atoms with Crippen LogP contribution in [0.4, 0.5) is 11.4 Å². The number of hydrazone groups is 1. The van der Waals surface area contributed by atoms with Crippen molar-refractivity contribution in [1.82, 2.24) is 0 Å². The van der Waals surface area contributed by atoms with Crippen molar-refractivity contribution in [1.29, 1.82) is 5.41 Å². The van der Waals surface area contributed by atoms with Gasteiger partial charge in [0.25, 0.3) is 0 Å². The second-order valence-corrected chi connectivity index (χ2v) is 16.0. The van der Waals surface area contributed by atoms with Crippen LogP contribution in [0.25, 0.3) is 87.3 Å². The van der Waals surface area contributed by atoms with E-state index in [4.69, 9.17) is 5.10 Å². The Kier molecular flexibility index (Phi) is 9.44. The summed E-state index contributed by atoms with van der Waals surface area (Å²) < 4.78 is 0. The van der Waals surface area contributed by atoms with Crippen LogP contribution in [0.2, 0.25) is 0 Å². The Morgan fingerprint density at radius 3 is 1.70 bits per heavy atom. The third kappa shape index (κ3) is 7.00. The molecule has 11 rings (SSSR count). The second-order valence-electron chi connectivity index (χ2n) is 16.0. The quantitative estimate of drug-likeness (QED) is 0.0683. The van der Waals surface area contributed by atoms with Crippen LogP contribution in [0.15, 0.2) is 229 Å². The molecule has 10 aromatic rings. The second kappa shape index (κ2) is 15.9. The minimum atomic E-state index is 0.330. The normalized spacial score (nSPS) is 13.5. The molecule has 2 N–H and O–H groups in total. The van der Waals surface area contributed by atoms with Crippen molar-refractivity contribution in [3.8, 4) is 22.3 Å². The van der Waals surface area contributed by atoms with Crippen LogP contribution in [0, 0.1) is 5.41 Å². The van der Waals surface area contributed by atoms with E-state index in [0.717, 1.165) is 49.8 Å². The Morgan fingerprint density at radius 1 is 0.476 bits per heavy atom. The molecule has 4 nitrogen and oxygen atoms in total. The van der Waals surface area contributed by atoms with Gasteiger partial charge in [0.05, 0.1) is 17.1 Å². The van der Waals surface area contributed by atoms with Gasteiger partial charge in [0.2, 0.25) is 0 Å². The van der Waals surface area contributed by atoms with E-state index in [0.29, 0.717) is 11.4 Å². The predicted molar refractivity (Wildman–Crippen MR) is 271 cm³/mol. The first-order valence-corrected chi connectivity index (χ1v) is 21.2. The van der Waals surface area contributed by atoms with Gasteiger partial charge in [0.1, 0.15) is 5.71 Å². The molecule has 0 unspecified atom stereocenters. The number of anilines is 1. The number of fused-ring (bicyclic) bond motifs is 5. The monoisotopic (exact) mass is 804 g/mol. The molecule has 0 saturated carbocycles. The molecule has 0 fully saturated rings. The number of para-hydroxylation sites is 1.